The second-order valence-electron chi connectivity index (χ2n) is 9.23. The number of nitrogens with one attached hydrogen (secondary N) is 1. The van der Waals surface area contributed by atoms with Gasteiger partial charge in [0.1, 0.15) is 18.0 Å². The molecule has 2 aliphatic rings. The monoisotopic (exact) mass is 475 g/mol. The van der Waals surface area contributed by atoms with E-state index in [1.165, 1.54) is 12.1 Å². The summed E-state index contributed by atoms with van der Waals surface area (Å²) in [7, 11) is 1.72. The van der Waals surface area contributed by atoms with Crippen LogP contribution >= 0.6 is 0 Å². The van der Waals surface area contributed by atoms with Crippen LogP contribution in [-0.4, -0.2) is 76.6 Å². The van der Waals surface area contributed by atoms with Crippen molar-refractivity contribution in [2.75, 3.05) is 26.7 Å². The van der Waals surface area contributed by atoms with E-state index in [0.717, 1.165) is 44.1 Å². The standard InChI is InChI=1S/C25H38FN5O3/c1-4-6-8-9-15-29-17-22-30(21(24(29)33)10-7-5-2)23(32)18-28(3)31(22)25(34)27-16-19-11-13-20(26)14-12-19/h11-14,21-22H,4-10,15-18H2,1-3H3,(H,27,34)/t21-,22-/m0/s1. The topological polar surface area (TPSA) is 76.2 Å². The van der Waals surface area contributed by atoms with Crippen molar-refractivity contribution in [1.29, 1.82) is 0 Å². The van der Waals surface area contributed by atoms with Crippen LogP contribution in [0.3, 0.4) is 0 Å². The molecular formula is C25H38FN5O3. The Hall–Kier alpha value is -2.68. The number of likely N-dealkylation sites (N-methyl/N-ethyl adjacent to an activating group) is 1. The molecule has 2 heterocycles. The van der Waals surface area contributed by atoms with Crippen LogP contribution in [0.2, 0.25) is 0 Å². The van der Waals surface area contributed by atoms with Gasteiger partial charge in [-0.25, -0.2) is 19.2 Å². The molecule has 34 heavy (non-hydrogen) atoms. The summed E-state index contributed by atoms with van der Waals surface area (Å²) in [5.41, 5.74) is 0.777. The second-order valence-corrected chi connectivity index (χ2v) is 9.23. The molecule has 0 radical (unpaired) electrons. The lowest BCUT2D eigenvalue weighted by atomic mass is 10.0. The van der Waals surface area contributed by atoms with Crippen molar-refractivity contribution in [1.82, 2.24) is 25.1 Å². The van der Waals surface area contributed by atoms with Crippen LogP contribution in [0.1, 0.15) is 64.4 Å². The van der Waals surface area contributed by atoms with Crippen molar-refractivity contribution in [3.05, 3.63) is 35.6 Å². The summed E-state index contributed by atoms with van der Waals surface area (Å²) in [5.74, 6) is -0.468. The zero-order chi connectivity index (χ0) is 24.7. The van der Waals surface area contributed by atoms with E-state index >= 15 is 0 Å². The van der Waals surface area contributed by atoms with E-state index < -0.39 is 12.2 Å². The summed E-state index contributed by atoms with van der Waals surface area (Å²) in [5, 5.41) is 6.09. The minimum atomic E-state index is -0.551. The molecule has 0 unspecified atom stereocenters. The lowest BCUT2D eigenvalue weighted by Gasteiger charge is -2.54. The minimum Gasteiger partial charge on any atom is -0.337 e. The van der Waals surface area contributed by atoms with E-state index in [1.807, 2.05) is 4.90 Å². The van der Waals surface area contributed by atoms with Gasteiger partial charge >= 0.3 is 6.03 Å². The summed E-state index contributed by atoms with van der Waals surface area (Å²) in [4.78, 5) is 43.2. The number of hydrogen-bond acceptors (Lipinski definition) is 4. The fraction of sp³-hybridized carbons (Fsp3) is 0.640. The Labute approximate surface area is 202 Å². The van der Waals surface area contributed by atoms with Crippen molar-refractivity contribution in [3.63, 3.8) is 0 Å². The molecule has 2 aliphatic heterocycles. The molecule has 0 saturated carbocycles. The van der Waals surface area contributed by atoms with Crippen LogP contribution in [0, 0.1) is 5.82 Å². The number of halogens is 1. The maximum atomic E-state index is 13.4. The van der Waals surface area contributed by atoms with Crippen molar-refractivity contribution < 1.29 is 18.8 Å². The van der Waals surface area contributed by atoms with Gasteiger partial charge in [-0.1, -0.05) is 58.1 Å². The van der Waals surface area contributed by atoms with Gasteiger partial charge in [-0.05, 0) is 30.5 Å². The Balaban J connectivity index is 1.79. The largest absolute Gasteiger partial charge is 0.337 e. The zero-order valence-electron chi connectivity index (χ0n) is 20.6. The Morgan fingerprint density at radius 2 is 1.76 bits per heavy atom. The third-order valence-corrected chi connectivity index (χ3v) is 6.62. The highest BCUT2D eigenvalue weighted by Gasteiger charge is 2.50. The first-order valence-electron chi connectivity index (χ1n) is 12.5. The Morgan fingerprint density at radius 3 is 2.44 bits per heavy atom. The lowest BCUT2D eigenvalue weighted by Crippen LogP contribution is -2.75. The van der Waals surface area contributed by atoms with Crippen molar-refractivity contribution in [2.24, 2.45) is 0 Å². The van der Waals surface area contributed by atoms with Gasteiger partial charge in [0, 0.05) is 20.1 Å². The van der Waals surface area contributed by atoms with E-state index in [1.54, 1.807) is 34.1 Å². The fourth-order valence-corrected chi connectivity index (χ4v) is 4.77. The van der Waals surface area contributed by atoms with Gasteiger partial charge in [0.15, 0.2) is 0 Å². The number of rotatable bonds is 10. The summed E-state index contributed by atoms with van der Waals surface area (Å²) in [6.45, 7) is 5.42. The first-order chi connectivity index (χ1) is 16.4. The normalized spacial score (nSPS) is 21.1. The van der Waals surface area contributed by atoms with Gasteiger partial charge in [0.2, 0.25) is 11.8 Å². The first kappa shape index (κ1) is 25.9. The highest BCUT2D eigenvalue weighted by molar-refractivity contribution is 5.91. The number of hydrazine groups is 1. The third-order valence-electron chi connectivity index (χ3n) is 6.62. The number of amides is 4. The highest BCUT2D eigenvalue weighted by Crippen LogP contribution is 2.28. The molecule has 2 atom stereocenters. The average Bonchev–Trinajstić information content (AvgIpc) is 2.81. The molecule has 0 aliphatic carbocycles. The molecule has 1 aromatic rings. The lowest BCUT2D eigenvalue weighted by molar-refractivity contribution is -0.187. The van der Waals surface area contributed by atoms with Crippen molar-refractivity contribution in [3.8, 4) is 0 Å². The van der Waals surface area contributed by atoms with Gasteiger partial charge in [-0.15, -0.1) is 0 Å². The van der Waals surface area contributed by atoms with Gasteiger partial charge in [0.05, 0.1) is 13.1 Å². The van der Waals surface area contributed by atoms with Crippen molar-refractivity contribution in [2.45, 2.75) is 77.5 Å². The maximum absolute atomic E-state index is 13.4. The van der Waals surface area contributed by atoms with Crippen molar-refractivity contribution >= 4 is 17.8 Å². The molecule has 1 aromatic carbocycles. The molecule has 0 spiro atoms. The number of nitrogens with zero attached hydrogens (tertiary/aromatic N) is 4. The number of carbonyl (C=O) groups is 3. The first-order valence-corrected chi connectivity index (χ1v) is 12.5. The number of benzene rings is 1. The van der Waals surface area contributed by atoms with Crippen LogP contribution < -0.4 is 5.32 Å². The Kier molecular flexibility index (Phi) is 9.27. The summed E-state index contributed by atoms with van der Waals surface area (Å²) >= 11 is 0. The molecule has 188 valence electrons. The molecule has 4 amide bonds. The molecule has 1 N–H and O–H groups in total. The highest BCUT2D eigenvalue weighted by atomic mass is 19.1. The van der Waals surface area contributed by atoms with Crippen LogP contribution in [0.25, 0.3) is 0 Å². The van der Waals surface area contributed by atoms with E-state index in [-0.39, 0.29) is 36.8 Å². The molecule has 0 aromatic heterocycles. The second kappa shape index (κ2) is 12.1. The van der Waals surface area contributed by atoms with Gasteiger partial charge in [-0.2, -0.15) is 0 Å². The summed E-state index contributed by atoms with van der Waals surface area (Å²) in [6.07, 6.45) is 6.00. The van der Waals surface area contributed by atoms with E-state index in [2.05, 4.69) is 19.2 Å². The van der Waals surface area contributed by atoms with Crippen LogP contribution in [0.4, 0.5) is 9.18 Å². The van der Waals surface area contributed by atoms with Gasteiger partial charge < -0.3 is 15.1 Å². The predicted octanol–water partition coefficient (Wildman–Crippen LogP) is 3.33. The SMILES string of the molecule is CCCCCCN1C[C@H]2N(C(=O)CN(C)N2C(=O)NCc2ccc(F)cc2)[C@@H](CCCC)C1=O. The number of piperazine rings is 1. The number of urea groups is 1. The predicted molar refractivity (Wildman–Crippen MR) is 128 cm³/mol. The fourth-order valence-electron chi connectivity index (χ4n) is 4.77. The van der Waals surface area contributed by atoms with Crippen LogP contribution in [0.15, 0.2) is 24.3 Å². The summed E-state index contributed by atoms with van der Waals surface area (Å²) < 4.78 is 13.2. The van der Waals surface area contributed by atoms with Crippen LogP contribution in [-0.2, 0) is 16.1 Å². The molecule has 0 bridgehead atoms. The van der Waals surface area contributed by atoms with E-state index in [0.29, 0.717) is 19.5 Å². The van der Waals surface area contributed by atoms with E-state index in [4.69, 9.17) is 0 Å². The number of carbonyl (C=O) groups excluding carboxylic acids is 3. The quantitative estimate of drug-likeness (QED) is 0.527. The molecule has 2 saturated heterocycles. The average molecular weight is 476 g/mol. The Morgan fingerprint density at radius 1 is 1.06 bits per heavy atom. The van der Waals surface area contributed by atoms with Crippen LogP contribution in [0.5, 0.6) is 0 Å². The molecule has 2 fully saturated rings. The van der Waals surface area contributed by atoms with E-state index in [9.17, 15) is 18.8 Å². The molecule has 9 heteroatoms. The summed E-state index contributed by atoms with van der Waals surface area (Å²) in [6, 6.07) is 5.09. The number of unbranched alkanes of at least 4 members (excludes halogenated alkanes) is 4. The van der Waals surface area contributed by atoms with Gasteiger partial charge in [0.25, 0.3) is 0 Å². The molecular weight excluding hydrogens is 437 g/mol. The molecule has 8 nitrogen and oxygen atoms in total. The number of hydrogen-bond donors (Lipinski definition) is 1. The Bertz CT molecular complexity index is 849. The smallest absolute Gasteiger partial charge is 0.334 e. The minimum absolute atomic E-state index is 0.00854. The zero-order valence-corrected chi connectivity index (χ0v) is 20.6. The molecule has 3 rings (SSSR count). The van der Waals surface area contributed by atoms with Gasteiger partial charge in [-0.3, -0.25) is 9.59 Å². The third kappa shape index (κ3) is 6.05. The number of fused-ring (bicyclic) bond motifs is 1. The maximum Gasteiger partial charge on any atom is 0.334 e.